The van der Waals surface area contributed by atoms with Crippen molar-refractivity contribution in [2.24, 2.45) is 5.41 Å². The van der Waals surface area contributed by atoms with E-state index in [9.17, 15) is 13.9 Å². The van der Waals surface area contributed by atoms with Crippen molar-refractivity contribution < 1.29 is 13.9 Å². The average Bonchev–Trinajstić information content (AvgIpc) is 2.47. The molecular weight excluding hydrogens is 188 g/mol. The molecule has 2 nitrogen and oxygen atoms in total. The van der Waals surface area contributed by atoms with E-state index in [4.69, 9.17) is 0 Å². The Balaban J connectivity index is 1.91. The van der Waals surface area contributed by atoms with Crippen LogP contribution in [-0.2, 0) is 0 Å². The van der Waals surface area contributed by atoms with Gasteiger partial charge in [-0.1, -0.05) is 12.2 Å². The molecule has 14 heavy (non-hydrogen) atoms. The van der Waals surface area contributed by atoms with Crippen LogP contribution in [0.4, 0.5) is 8.78 Å². The molecule has 0 bridgehead atoms. The first-order chi connectivity index (χ1) is 6.54. The summed E-state index contributed by atoms with van der Waals surface area (Å²) in [7, 11) is 0. The second-order valence-corrected chi connectivity index (χ2v) is 4.88. The van der Waals surface area contributed by atoms with Crippen molar-refractivity contribution in [2.45, 2.75) is 24.3 Å². The molecule has 2 fully saturated rings. The molecule has 0 radical (unpaired) electrons. The quantitative estimate of drug-likeness (QED) is 0.640. The Morgan fingerprint density at radius 3 is 2.57 bits per heavy atom. The highest BCUT2D eigenvalue weighted by Gasteiger charge is 2.76. The summed E-state index contributed by atoms with van der Waals surface area (Å²) in [5.41, 5.74) is -1.29. The van der Waals surface area contributed by atoms with Gasteiger partial charge < -0.3 is 5.11 Å². The van der Waals surface area contributed by atoms with Crippen molar-refractivity contribution in [1.29, 1.82) is 0 Å². The lowest BCUT2D eigenvalue weighted by molar-refractivity contribution is 0.0662. The average molecular weight is 201 g/mol. The Kier molecular flexibility index (Phi) is 1.38. The van der Waals surface area contributed by atoms with Gasteiger partial charge in [-0.25, -0.2) is 8.78 Å². The fourth-order valence-corrected chi connectivity index (χ4v) is 3.04. The van der Waals surface area contributed by atoms with Crippen molar-refractivity contribution in [1.82, 2.24) is 4.90 Å². The molecule has 4 heteroatoms. The molecule has 2 atom stereocenters. The highest BCUT2D eigenvalue weighted by molar-refractivity contribution is 5.28. The first kappa shape index (κ1) is 8.80. The highest BCUT2D eigenvalue weighted by atomic mass is 19.3. The molecule has 0 aromatic rings. The lowest BCUT2D eigenvalue weighted by Gasteiger charge is -2.28. The summed E-state index contributed by atoms with van der Waals surface area (Å²) >= 11 is 0. The Morgan fingerprint density at radius 2 is 2.07 bits per heavy atom. The third kappa shape index (κ3) is 0.816. The lowest BCUT2D eigenvalue weighted by Crippen LogP contribution is -2.41. The number of hydrogen-bond donors (Lipinski definition) is 1. The summed E-state index contributed by atoms with van der Waals surface area (Å²) in [6.07, 6.45) is 4.28. The summed E-state index contributed by atoms with van der Waals surface area (Å²) in [6, 6.07) is 0. The number of hydrogen-bond acceptors (Lipinski definition) is 2. The number of alkyl halides is 2. The molecule has 78 valence electrons. The van der Waals surface area contributed by atoms with Crippen LogP contribution < -0.4 is 0 Å². The SMILES string of the molecule is OC[C@]12C=CCN1CC1(CC1(F)F)C2. The smallest absolute Gasteiger partial charge is 0.256 e. The standard InChI is InChI=1S/C10H13F2NO/c11-10(12)5-8(10)4-9(7-14)2-1-3-13(9)6-8/h1-2,14H,3-7H2/t8?,9-/m1/s1. The Hall–Kier alpha value is -0.480. The van der Waals surface area contributed by atoms with Crippen molar-refractivity contribution in [3.63, 3.8) is 0 Å². The molecule has 1 saturated carbocycles. The number of rotatable bonds is 1. The lowest BCUT2D eigenvalue weighted by atomic mass is 9.91. The minimum atomic E-state index is -2.49. The first-order valence-electron chi connectivity index (χ1n) is 4.95. The van der Waals surface area contributed by atoms with Gasteiger partial charge in [0.15, 0.2) is 0 Å². The van der Waals surface area contributed by atoms with Crippen LogP contribution in [0.3, 0.4) is 0 Å². The van der Waals surface area contributed by atoms with E-state index in [1.807, 2.05) is 17.1 Å². The van der Waals surface area contributed by atoms with E-state index in [1.54, 1.807) is 0 Å². The van der Waals surface area contributed by atoms with Gasteiger partial charge in [-0.05, 0) is 6.42 Å². The molecule has 1 aliphatic carbocycles. The van der Waals surface area contributed by atoms with Crippen molar-refractivity contribution in [3.8, 4) is 0 Å². The van der Waals surface area contributed by atoms with Crippen LogP contribution in [0, 0.1) is 5.41 Å². The number of fused-ring (bicyclic) bond motifs is 1. The zero-order valence-corrected chi connectivity index (χ0v) is 7.84. The molecule has 3 aliphatic rings. The van der Waals surface area contributed by atoms with Crippen LogP contribution in [0.25, 0.3) is 0 Å². The normalized spacial score (nSPS) is 48.8. The number of halogens is 2. The molecule has 0 aromatic heterocycles. The van der Waals surface area contributed by atoms with Gasteiger partial charge in [0.05, 0.1) is 17.6 Å². The van der Waals surface area contributed by atoms with Gasteiger partial charge in [-0.2, -0.15) is 0 Å². The van der Waals surface area contributed by atoms with E-state index in [-0.39, 0.29) is 13.0 Å². The fourth-order valence-electron chi connectivity index (χ4n) is 3.04. The maximum Gasteiger partial charge on any atom is 0.256 e. The second-order valence-electron chi connectivity index (χ2n) is 4.88. The van der Waals surface area contributed by atoms with E-state index in [0.29, 0.717) is 19.5 Å². The molecule has 1 spiro atoms. The van der Waals surface area contributed by atoms with Gasteiger partial charge >= 0.3 is 0 Å². The van der Waals surface area contributed by atoms with Gasteiger partial charge in [-0.3, -0.25) is 4.90 Å². The minimum Gasteiger partial charge on any atom is -0.394 e. The largest absolute Gasteiger partial charge is 0.394 e. The molecular formula is C10H13F2NO. The molecule has 1 saturated heterocycles. The van der Waals surface area contributed by atoms with Gasteiger partial charge in [0.25, 0.3) is 5.92 Å². The molecule has 1 unspecified atom stereocenters. The van der Waals surface area contributed by atoms with Crippen molar-refractivity contribution >= 4 is 0 Å². The van der Waals surface area contributed by atoms with Gasteiger partial charge in [0, 0.05) is 19.5 Å². The topological polar surface area (TPSA) is 23.5 Å². The van der Waals surface area contributed by atoms with Crippen molar-refractivity contribution in [2.75, 3.05) is 19.7 Å². The summed E-state index contributed by atoms with van der Waals surface area (Å²) in [6.45, 7) is 1.10. The zero-order valence-electron chi connectivity index (χ0n) is 7.84. The third-order valence-electron chi connectivity index (χ3n) is 4.01. The Labute approximate surface area is 81.2 Å². The van der Waals surface area contributed by atoms with E-state index >= 15 is 0 Å². The summed E-state index contributed by atoms with van der Waals surface area (Å²) < 4.78 is 26.3. The summed E-state index contributed by atoms with van der Waals surface area (Å²) in [4.78, 5) is 1.98. The van der Waals surface area contributed by atoms with E-state index in [2.05, 4.69) is 0 Å². The van der Waals surface area contributed by atoms with Crippen LogP contribution in [0.2, 0.25) is 0 Å². The molecule has 2 aliphatic heterocycles. The number of nitrogens with zero attached hydrogens (tertiary/aromatic N) is 1. The van der Waals surface area contributed by atoms with Crippen LogP contribution in [-0.4, -0.2) is 41.2 Å². The zero-order chi connectivity index (χ0) is 10.0. The maximum absolute atomic E-state index is 13.2. The van der Waals surface area contributed by atoms with Crippen LogP contribution >= 0.6 is 0 Å². The van der Waals surface area contributed by atoms with Crippen molar-refractivity contribution in [3.05, 3.63) is 12.2 Å². The predicted molar refractivity (Wildman–Crippen MR) is 47.1 cm³/mol. The molecule has 1 N–H and O–H groups in total. The van der Waals surface area contributed by atoms with E-state index in [0.717, 1.165) is 0 Å². The predicted octanol–water partition coefficient (Wildman–Crippen LogP) is 1.02. The molecule has 3 rings (SSSR count). The first-order valence-corrected chi connectivity index (χ1v) is 4.95. The van der Waals surface area contributed by atoms with Crippen LogP contribution in [0.15, 0.2) is 12.2 Å². The second kappa shape index (κ2) is 2.19. The van der Waals surface area contributed by atoms with Crippen LogP contribution in [0.5, 0.6) is 0 Å². The third-order valence-corrected chi connectivity index (χ3v) is 4.01. The summed E-state index contributed by atoms with van der Waals surface area (Å²) in [5.74, 6) is -2.49. The van der Waals surface area contributed by atoms with E-state index < -0.39 is 16.9 Å². The molecule has 0 aromatic carbocycles. The van der Waals surface area contributed by atoms with Gasteiger partial charge in [0.2, 0.25) is 0 Å². The fraction of sp³-hybridized carbons (Fsp3) is 0.800. The maximum atomic E-state index is 13.2. The van der Waals surface area contributed by atoms with Gasteiger partial charge in [-0.15, -0.1) is 0 Å². The highest BCUT2D eigenvalue weighted by Crippen LogP contribution is 2.68. The number of aliphatic hydroxyl groups excluding tert-OH is 1. The molecule has 0 amide bonds. The Bertz CT molecular complexity index is 317. The monoisotopic (exact) mass is 201 g/mol. The number of aliphatic hydroxyl groups is 1. The van der Waals surface area contributed by atoms with Gasteiger partial charge in [0.1, 0.15) is 0 Å². The minimum absolute atomic E-state index is 0.00604. The summed E-state index contributed by atoms with van der Waals surface area (Å²) in [5, 5.41) is 9.32. The Morgan fingerprint density at radius 1 is 1.36 bits per heavy atom. The van der Waals surface area contributed by atoms with E-state index in [1.165, 1.54) is 0 Å². The van der Waals surface area contributed by atoms with Crippen LogP contribution in [0.1, 0.15) is 12.8 Å². The molecule has 2 heterocycles.